The van der Waals surface area contributed by atoms with E-state index in [1.807, 2.05) is 60.0 Å². The van der Waals surface area contributed by atoms with E-state index in [1.54, 1.807) is 0 Å². The average Bonchev–Trinajstić information content (AvgIpc) is 2.98. The number of rotatable bonds is 6. The third kappa shape index (κ3) is 3.66. The number of carbonyl (C=O) groups is 1. The van der Waals surface area contributed by atoms with Crippen molar-refractivity contribution in [2.45, 2.75) is 19.9 Å². The number of anilines is 1. The first-order chi connectivity index (χ1) is 11.2. The minimum absolute atomic E-state index is 0.0150. The minimum atomic E-state index is -0.0150. The van der Waals surface area contributed by atoms with Gasteiger partial charge >= 0.3 is 0 Å². The van der Waals surface area contributed by atoms with Gasteiger partial charge in [-0.1, -0.05) is 24.3 Å². The van der Waals surface area contributed by atoms with Gasteiger partial charge in [-0.15, -0.1) is 10.2 Å². The Balaban J connectivity index is 1.47. The molecule has 6 heteroatoms. The highest BCUT2D eigenvalue weighted by Gasteiger charge is 2.07. The van der Waals surface area contributed by atoms with E-state index in [2.05, 4.69) is 20.8 Å². The number of benzene rings is 1. The summed E-state index contributed by atoms with van der Waals surface area (Å²) in [6.07, 6.45) is 2.29. The van der Waals surface area contributed by atoms with Gasteiger partial charge < -0.3 is 10.6 Å². The Kier molecular flexibility index (Phi) is 4.52. The summed E-state index contributed by atoms with van der Waals surface area (Å²) in [7, 11) is 0. The van der Waals surface area contributed by atoms with Crippen LogP contribution in [0.3, 0.4) is 0 Å². The van der Waals surface area contributed by atoms with Crippen molar-refractivity contribution < 1.29 is 4.79 Å². The fraction of sp³-hybridized carbons (Fsp3) is 0.235. The van der Waals surface area contributed by atoms with Crippen LogP contribution in [0.5, 0.6) is 0 Å². The van der Waals surface area contributed by atoms with Crippen LogP contribution >= 0.6 is 0 Å². The molecule has 0 aliphatic carbocycles. The van der Waals surface area contributed by atoms with Gasteiger partial charge in [-0.2, -0.15) is 0 Å². The Morgan fingerprint density at radius 1 is 1.13 bits per heavy atom. The zero-order valence-corrected chi connectivity index (χ0v) is 13.0. The first-order valence-corrected chi connectivity index (χ1v) is 7.59. The van der Waals surface area contributed by atoms with Crippen LogP contribution < -0.4 is 10.6 Å². The Morgan fingerprint density at radius 2 is 1.96 bits per heavy atom. The van der Waals surface area contributed by atoms with Gasteiger partial charge in [0, 0.05) is 24.8 Å². The molecule has 6 nitrogen and oxygen atoms in total. The summed E-state index contributed by atoms with van der Waals surface area (Å²) >= 11 is 0. The molecule has 2 N–H and O–H groups in total. The molecule has 0 atom stereocenters. The normalized spacial score (nSPS) is 10.7. The van der Waals surface area contributed by atoms with Crippen molar-refractivity contribution in [3.63, 3.8) is 0 Å². The van der Waals surface area contributed by atoms with Crippen molar-refractivity contribution >= 4 is 17.2 Å². The first-order valence-electron chi connectivity index (χ1n) is 7.59. The number of nitrogens with one attached hydrogen (secondary N) is 2. The van der Waals surface area contributed by atoms with Crippen LogP contribution in [0.2, 0.25) is 0 Å². The predicted octanol–water partition coefficient (Wildman–Crippen LogP) is 2.16. The molecule has 0 aliphatic rings. The predicted molar refractivity (Wildman–Crippen MR) is 89.1 cm³/mol. The lowest BCUT2D eigenvalue weighted by Crippen LogP contribution is -2.25. The number of hydrogen-bond acceptors (Lipinski definition) is 4. The Hall–Kier alpha value is -2.89. The molecule has 1 aromatic carbocycles. The number of amides is 1. The van der Waals surface area contributed by atoms with Crippen LogP contribution in [-0.2, 0) is 11.3 Å². The Morgan fingerprint density at radius 3 is 2.83 bits per heavy atom. The first kappa shape index (κ1) is 15.0. The quantitative estimate of drug-likeness (QED) is 0.732. The standard InChI is InChI=1S/C17H19N5O/c1-13-6-2-3-7-14(13)18-10-9-17(23)19-12-16-21-20-15-8-4-5-11-22(15)16/h2-8,11,18H,9-10,12H2,1H3,(H,19,23). The molecule has 0 radical (unpaired) electrons. The van der Waals surface area contributed by atoms with Crippen molar-refractivity contribution in [3.8, 4) is 0 Å². The molecule has 2 aromatic heterocycles. The van der Waals surface area contributed by atoms with E-state index in [1.165, 1.54) is 5.56 Å². The molecule has 0 spiro atoms. The maximum absolute atomic E-state index is 11.9. The molecule has 2 heterocycles. The molecule has 0 fully saturated rings. The summed E-state index contributed by atoms with van der Waals surface area (Å²) < 4.78 is 1.87. The van der Waals surface area contributed by atoms with E-state index < -0.39 is 0 Å². The molecule has 3 rings (SSSR count). The van der Waals surface area contributed by atoms with Crippen LogP contribution in [0.25, 0.3) is 5.65 Å². The maximum Gasteiger partial charge on any atom is 0.222 e. The van der Waals surface area contributed by atoms with Crippen LogP contribution in [0.4, 0.5) is 5.69 Å². The summed E-state index contributed by atoms with van der Waals surface area (Å²) in [6, 6.07) is 13.7. The maximum atomic E-state index is 11.9. The van der Waals surface area contributed by atoms with Gasteiger partial charge in [0.15, 0.2) is 11.5 Å². The zero-order chi connectivity index (χ0) is 16.1. The highest BCUT2D eigenvalue weighted by atomic mass is 16.1. The molecule has 1 amide bonds. The second-order valence-corrected chi connectivity index (χ2v) is 5.31. The smallest absolute Gasteiger partial charge is 0.222 e. The highest BCUT2D eigenvalue weighted by molar-refractivity contribution is 5.76. The van der Waals surface area contributed by atoms with Gasteiger partial charge in [0.05, 0.1) is 6.54 Å². The number of aryl methyl sites for hydroxylation is 1. The lowest BCUT2D eigenvalue weighted by molar-refractivity contribution is -0.121. The third-order valence-electron chi connectivity index (χ3n) is 3.64. The third-order valence-corrected chi connectivity index (χ3v) is 3.64. The Bertz CT molecular complexity index is 811. The van der Waals surface area contributed by atoms with Crippen LogP contribution in [-0.4, -0.2) is 27.0 Å². The van der Waals surface area contributed by atoms with Crippen molar-refractivity contribution in [2.75, 3.05) is 11.9 Å². The van der Waals surface area contributed by atoms with Gasteiger partial charge in [-0.05, 0) is 30.7 Å². The summed E-state index contributed by atoms with van der Waals surface area (Å²) in [6.45, 7) is 3.00. The molecule has 0 saturated carbocycles. The largest absolute Gasteiger partial charge is 0.384 e. The molecule has 3 aromatic rings. The summed E-state index contributed by atoms with van der Waals surface area (Å²) in [5, 5.41) is 14.3. The van der Waals surface area contributed by atoms with E-state index in [9.17, 15) is 4.79 Å². The van der Waals surface area contributed by atoms with Crippen molar-refractivity contribution in [1.29, 1.82) is 0 Å². The second-order valence-electron chi connectivity index (χ2n) is 5.31. The van der Waals surface area contributed by atoms with E-state index in [0.717, 1.165) is 17.2 Å². The van der Waals surface area contributed by atoms with Gasteiger partial charge in [0.1, 0.15) is 0 Å². The van der Waals surface area contributed by atoms with E-state index in [0.29, 0.717) is 19.5 Å². The number of aromatic nitrogens is 3. The van der Waals surface area contributed by atoms with E-state index in [-0.39, 0.29) is 5.91 Å². The topological polar surface area (TPSA) is 71.3 Å². The Labute approximate surface area is 134 Å². The number of pyridine rings is 1. The van der Waals surface area contributed by atoms with E-state index >= 15 is 0 Å². The number of nitrogens with zero attached hydrogens (tertiary/aromatic N) is 3. The number of carbonyl (C=O) groups excluding carboxylic acids is 1. The highest BCUT2D eigenvalue weighted by Crippen LogP contribution is 2.12. The lowest BCUT2D eigenvalue weighted by Gasteiger charge is -2.09. The molecule has 0 bridgehead atoms. The molecular weight excluding hydrogens is 290 g/mol. The molecule has 0 aliphatic heterocycles. The molecule has 23 heavy (non-hydrogen) atoms. The fourth-order valence-electron chi connectivity index (χ4n) is 2.36. The monoisotopic (exact) mass is 309 g/mol. The minimum Gasteiger partial charge on any atom is -0.384 e. The van der Waals surface area contributed by atoms with Crippen molar-refractivity contribution in [2.24, 2.45) is 0 Å². The van der Waals surface area contributed by atoms with E-state index in [4.69, 9.17) is 0 Å². The van der Waals surface area contributed by atoms with Crippen molar-refractivity contribution in [1.82, 2.24) is 19.9 Å². The van der Waals surface area contributed by atoms with Crippen molar-refractivity contribution in [3.05, 3.63) is 60.0 Å². The number of hydrogen-bond donors (Lipinski definition) is 2. The fourth-order valence-corrected chi connectivity index (χ4v) is 2.36. The van der Waals surface area contributed by atoms with Crippen LogP contribution in [0.1, 0.15) is 17.8 Å². The van der Waals surface area contributed by atoms with Crippen LogP contribution in [0, 0.1) is 6.92 Å². The average molecular weight is 309 g/mol. The molecule has 118 valence electrons. The van der Waals surface area contributed by atoms with Gasteiger partial charge in [0.2, 0.25) is 5.91 Å². The van der Waals surface area contributed by atoms with Gasteiger partial charge in [0.25, 0.3) is 0 Å². The SMILES string of the molecule is Cc1ccccc1NCCC(=O)NCc1nnc2ccccn12. The number of para-hydroxylation sites is 1. The molecule has 0 saturated heterocycles. The molecule has 0 unspecified atom stereocenters. The van der Waals surface area contributed by atoms with Gasteiger partial charge in [-0.3, -0.25) is 9.20 Å². The summed E-state index contributed by atoms with van der Waals surface area (Å²) in [4.78, 5) is 11.9. The lowest BCUT2D eigenvalue weighted by atomic mass is 10.2. The molecular formula is C17H19N5O. The summed E-state index contributed by atoms with van der Waals surface area (Å²) in [5.41, 5.74) is 3.00. The van der Waals surface area contributed by atoms with Crippen LogP contribution in [0.15, 0.2) is 48.7 Å². The zero-order valence-electron chi connectivity index (χ0n) is 13.0. The number of fused-ring (bicyclic) bond motifs is 1. The summed E-state index contributed by atoms with van der Waals surface area (Å²) in [5.74, 6) is 0.708. The van der Waals surface area contributed by atoms with Gasteiger partial charge in [-0.25, -0.2) is 0 Å². The second kappa shape index (κ2) is 6.91.